The second kappa shape index (κ2) is 9.28. The summed E-state index contributed by atoms with van der Waals surface area (Å²) in [4.78, 5) is 1.53. The van der Waals surface area contributed by atoms with E-state index in [-0.39, 0.29) is 40.4 Å². The SMILES string of the molecule is Cl.Cl.Fc1c(Cl)ccc(Cl)c1[C@H](C(F)F)N1CCNCC1. The predicted octanol–water partition coefficient (Wildman–Crippen LogP) is 4.19. The van der Waals surface area contributed by atoms with Crippen molar-refractivity contribution in [2.75, 3.05) is 26.2 Å². The molecule has 0 amide bonds. The van der Waals surface area contributed by atoms with Crippen molar-refractivity contribution in [3.8, 4) is 0 Å². The van der Waals surface area contributed by atoms with Gasteiger partial charge in [-0.25, -0.2) is 13.2 Å². The molecule has 0 bridgehead atoms. The van der Waals surface area contributed by atoms with Gasteiger partial charge in [0.15, 0.2) is 0 Å². The van der Waals surface area contributed by atoms with Crippen LogP contribution in [0.4, 0.5) is 13.2 Å². The van der Waals surface area contributed by atoms with Gasteiger partial charge in [0.2, 0.25) is 0 Å². The van der Waals surface area contributed by atoms with Crippen LogP contribution >= 0.6 is 48.0 Å². The van der Waals surface area contributed by atoms with E-state index in [1.807, 2.05) is 0 Å². The molecule has 1 atom stereocenters. The topological polar surface area (TPSA) is 15.3 Å². The van der Waals surface area contributed by atoms with Crippen molar-refractivity contribution in [1.82, 2.24) is 10.2 Å². The average molecular weight is 386 g/mol. The molecule has 9 heteroatoms. The number of hydrogen-bond acceptors (Lipinski definition) is 2. The molecule has 1 aromatic rings. The van der Waals surface area contributed by atoms with Crippen LogP contribution in [0.15, 0.2) is 12.1 Å². The molecule has 1 N–H and O–H groups in total. The lowest BCUT2D eigenvalue weighted by Crippen LogP contribution is -2.47. The van der Waals surface area contributed by atoms with Gasteiger partial charge in [-0.15, -0.1) is 24.8 Å². The number of halogens is 7. The van der Waals surface area contributed by atoms with Crippen molar-refractivity contribution < 1.29 is 13.2 Å². The van der Waals surface area contributed by atoms with Gasteiger partial charge in [0.25, 0.3) is 6.43 Å². The van der Waals surface area contributed by atoms with Gasteiger partial charge < -0.3 is 5.32 Å². The van der Waals surface area contributed by atoms with Crippen LogP contribution in [-0.2, 0) is 0 Å². The van der Waals surface area contributed by atoms with E-state index < -0.39 is 18.3 Å². The predicted molar refractivity (Wildman–Crippen MR) is 84.1 cm³/mol. The molecule has 0 aliphatic carbocycles. The molecule has 2 rings (SSSR count). The summed E-state index contributed by atoms with van der Waals surface area (Å²) in [6.45, 7) is 2.00. The fourth-order valence-electron chi connectivity index (χ4n) is 2.24. The minimum Gasteiger partial charge on any atom is -0.314 e. The molecule has 21 heavy (non-hydrogen) atoms. The number of nitrogens with one attached hydrogen (secondary N) is 1. The second-order valence-electron chi connectivity index (χ2n) is 4.32. The maximum absolute atomic E-state index is 14.0. The van der Waals surface area contributed by atoms with Gasteiger partial charge in [0.1, 0.15) is 11.9 Å². The number of benzene rings is 1. The summed E-state index contributed by atoms with van der Waals surface area (Å²) in [5, 5.41) is 2.84. The van der Waals surface area contributed by atoms with Crippen molar-refractivity contribution in [3.63, 3.8) is 0 Å². The zero-order valence-electron chi connectivity index (χ0n) is 10.8. The average Bonchev–Trinajstić information content (AvgIpc) is 2.39. The number of rotatable bonds is 3. The summed E-state index contributed by atoms with van der Waals surface area (Å²) >= 11 is 11.5. The Morgan fingerprint density at radius 2 is 1.57 bits per heavy atom. The van der Waals surface area contributed by atoms with Gasteiger partial charge in [-0.3, -0.25) is 4.90 Å². The first kappa shape index (κ1) is 21.1. The quantitative estimate of drug-likeness (QED) is 0.785. The molecule has 122 valence electrons. The first-order chi connectivity index (χ1) is 9.02. The van der Waals surface area contributed by atoms with Gasteiger partial charge in [-0.2, -0.15) is 0 Å². The highest BCUT2D eigenvalue weighted by Gasteiger charge is 2.34. The molecule has 0 aromatic heterocycles. The number of alkyl halides is 2. The van der Waals surface area contributed by atoms with Crippen LogP contribution in [0.5, 0.6) is 0 Å². The molecule has 1 aromatic carbocycles. The van der Waals surface area contributed by atoms with E-state index in [1.165, 1.54) is 17.0 Å². The van der Waals surface area contributed by atoms with Crippen molar-refractivity contribution in [2.45, 2.75) is 12.5 Å². The van der Waals surface area contributed by atoms with Gasteiger partial charge in [0, 0.05) is 36.8 Å². The number of hydrogen-bond donors (Lipinski definition) is 1. The number of piperazine rings is 1. The van der Waals surface area contributed by atoms with Crippen molar-refractivity contribution in [2.24, 2.45) is 0 Å². The van der Waals surface area contributed by atoms with Crippen molar-refractivity contribution in [1.29, 1.82) is 0 Å². The zero-order valence-corrected chi connectivity index (χ0v) is 13.9. The first-order valence-electron chi connectivity index (χ1n) is 5.88. The lowest BCUT2D eigenvalue weighted by atomic mass is 10.0. The minimum absolute atomic E-state index is 0. The van der Waals surface area contributed by atoms with E-state index in [1.54, 1.807) is 0 Å². The lowest BCUT2D eigenvalue weighted by Gasteiger charge is -2.35. The highest BCUT2D eigenvalue weighted by atomic mass is 35.5. The standard InChI is InChI=1S/C12H13Cl2F3N2.2ClH/c13-7-1-2-8(14)10(15)9(7)11(12(16)17)19-5-3-18-4-6-19;;/h1-2,11-12,18H,3-6H2;2*1H/t11-;;/m1../s1. The molecule has 1 fully saturated rings. The van der Waals surface area contributed by atoms with Crippen LogP contribution in [0.25, 0.3) is 0 Å². The fourth-order valence-corrected chi connectivity index (χ4v) is 2.66. The Morgan fingerprint density at radius 3 is 2.10 bits per heavy atom. The lowest BCUT2D eigenvalue weighted by molar-refractivity contribution is 0.0164. The van der Waals surface area contributed by atoms with E-state index in [9.17, 15) is 13.2 Å². The van der Waals surface area contributed by atoms with E-state index in [2.05, 4.69) is 5.32 Å². The van der Waals surface area contributed by atoms with Crippen LogP contribution in [0.2, 0.25) is 10.0 Å². The monoisotopic (exact) mass is 384 g/mol. The molecule has 1 saturated heterocycles. The van der Waals surface area contributed by atoms with Gasteiger partial charge in [-0.05, 0) is 12.1 Å². The summed E-state index contributed by atoms with van der Waals surface area (Å²) in [6, 6.07) is 1.25. The maximum atomic E-state index is 14.0. The van der Waals surface area contributed by atoms with Crippen LogP contribution in [0, 0.1) is 5.82 Å². The number of nitrogens with zero attached hydrogens (tertiary/aromatic N) is 1. The van der Waals surface area contributed by atoms with Crippen molar-refractivity contribution in [3.05, 3.63) is 33.6 Å². The maximum Gasteiger partial charge on any atom is 0.258 e. The molecule has 1 heterocycles. The van der Waals surface area contributed by atoms with E-state index in [4.69, 9.17) is 23.2 Å². The normalized spacial score (nSPS) is 17.0. The molecule has 1 aliphatic heterocycles. The highest BCUT2D eigenvalue weighted by molar-refractivity contribution is 6.33. The Hall–Kier alpha value is 0.0900. The Balaban J connectivity index is 0.00000200. The Labute approximate surface area is 143 Å². The summed E-state index contributed by atoms with van der Waals surface area (Å²) in [5.41, 5.74) is -0.217. The third kappa shape index (κ3) is 4.78. The highest BCUT2D eigenvalue weighted by Crippen LogP contribution is 2.37. The molecule has 1 aliphatic rings. The van der Waals surface area contributed by atoms with Gasteiger partial charge in [-0.1, -0.05) is 23.2 Å². The van der Waals surface area contributed by atoms with Crippen molar-refractivity contribution >= 4 is 48.0 Å². The molecule has 0 unspecified atom stereocenters. The molecular formula is C12H15Cl4F3N2. The van der Waals surface area contributed by atoms with Crippen LogP contribution in [0.3, 0.4) is 0 Å². The Bertz CT molecular complexity index is 456. The Kier molecular flexibility index (Phi) is 9.32. The summed E-state index contributed by atoms with van der Waals surface area (Å²) in [6.07, 6.45) is -2.73. The molecular weight excluding hydrogens is 371 g/mol. The Morgan fingerprint density at radius 1 is 1.05 bits per heavy atom. The van der Waals surface area contributed by atoms with Gasteiger partial charge >= 0.3 is 0 Å². The van der Waals surface area contributed by atoms with E-state index in [0.717, 1.165) is 0 Å². The largest absolute Gasteiger partial charge is 0.314 e. The molecule has 0 spiro atoms. The minimum atomic E-state index is -2.73. The smallest absolute Gasteiger partial charge is 0.258 e. The van der Waals surface area contributed by atoms with Gasteiger partial charge in [0.05, 0.1) is 5.02 Å². The van der Waals surface area contributed by atoms with E-state index in [0.29, 0.717) is 26.2 Å². The van der Waals surface area contributed by atoms with Crippen LogP contribution in [-0.4, -0.2) is 37.5 Å². The summed E-state index contributed by atoms with van der Waals surface area (Å²) < 4.78 is 40.7. The van der Waals surface area contributed by atoms with E-state index >= 15 is 0 Å². The summed E-state index contributed by atoms with van der Waals surface area (Å²) in [5.74, 6) is -0.863. The van der Waals surface area contributed by atoms with Crippen LogP contribution < -0.4 is 5.32 Å². The zero-order chi connectivity index (χ0) is 14.0. The second-order valence-corrected chi connectivity index (χ2v) is 5.14. The first-order valence-corrected chi connectivity index (χ1v) is 6.64. The fraction of sp³-hybridized carbons (Fsp3) is 0.500. The molecule has 0 saturated carbocycles. The third-order valence-corrected chi connectivity index (χ3v) is 3.78. The van der Waals surface area contributed by atoms with Crippen LogP contribution in [0.1, 0.15) is 11.6 Å². The molecule has 0 radical (unpaired) electrons. The third-order valence-electron chi connectivity index (χ3n) is 3.16. The molecule has 2 nitrogen and oxygen atoms in total. The summed E-state index contributed by atoms with van der Waals surface area (Å²) in [7, 11) is 0.